The van der Waals surface area contributed by atoms with E-state index in [1.807, 2.05) is 0 Å². The smallest absolute Gasteiger partial charge is 0.416 e. The van der Waals surface area contributed by atoms with Crippen molar-refractivity contribution in [2.24, 2.45) is 5.73 Å². The quantitative estimate of drug-likeness (QED) is 0.900. The number of nitrogens with two attached hydrogens (primary N) is 1. The molecule has 2 N–H and O–H groups in total. The lowest BCUT2D eigenvalue weighted by molar-refractivity contribution is -0.138. The van der Waals surface area contributed by atoms with Gasteiger partial charge in [0.2, 0.25) is 0 Å². The van der Waals surface area contributed by atoms with Crippen molar-refractivity contribution in [2.75, 3.05) is 19.8 Å². The largest absolute Gasteiger partial charge is 0.486 e. The van der Waals surface area contributed by atoms with Gasteiger partial charge in [-0.2, -0.15) is 13.2 Å². The number of fused-ring (bicyclic) bond motifs is 1. The monoisotopic (exact) mass is 273 g/mol. The Morgan fingerprint density at radius 2 is 1.84 bits per heavy atom. The van der Waals surface area contributed by atoms with E-state index < -0.39 is 17.2 Å². The van der Waals surface area contributed by atoms with E-state index in [-0.39, 0.29) is 24.5 Å². The van der Waals surface area contributed by atoms with Gasteiger partial charge in [0.1, 0.15) is 13.2 Å². The molecule has 0 atom stereocenters. The molecule has 1 saturated carbocycles. The molecule has 3 nitrogen and oxygen atoms in total. The Kier molecular flexibility index (Phi) is 2.67. The first-order valence-corrected chi connectivity index (χ1v) is 6.18. The van der Waals surface area contributed by atoms with Crippen molar-refractivity contribution in [1.82, 2.24) is 0 Å². The molecule has 3 rings (SSSR count). The van der Waals surface area contributed by atoms with Crippen molar-refractivity contribution >= 4 is 0 Å². The van der Waals surface area contributed by atoms with E-state index in [1.165, 1.54) is 6.07 Å². The Balaban J connectivity index is 2.21. The maximum Gasteiger partial charge on any atom is 0.416 e. The molecule has 19 heavy (non-hydrogen) atoms. The highest BCUT2D eigenvalue weighted by Gasteiger charge is 2.51. The maximum atomic E-state index is 13.2. The van der Waals surface area contributed by atoms with Gasteiger partial charge in [-0.25, -0.2) is 0 Å². The summed E-state index contributed by atoms with van der Waals surface area (Å²) in [4.78, 5) is 0. The summed E-state index contributed by atoms with van der Waals surface area (Å²) < 4.78 is 50.3. The zero-order chi connectivity index (χ0) is 13.7. The Bertz CT molecular complexity index is 509. The van der Waals surface area contributed by atoms with Crippen LogP contribution in [0.25, 0.3) is 0 Å². The van der Waals surface area contributed by atoms with Crippen molar-refractivity contribution in [1.29, 1.82) is 0 Å². The second kappa shape index (κ2) is 4.03. The van der Waals surface area contributed by atoms with Crippen LogP contribution in [0.15, 0.2) is 12.1 Å². The Morgan fingerprint density at radius 1 is 1.16 bits per heavy atom. The number of alkyl halides is 3. The Hall–Kier alpha value is -1.43. The molecule has 1 heterocycles. The highest BCUT2D eigenvalue weighted by molar-refractivity contribution is 5.57. The fourth-order valence-electron chi connectivity index (χ4n) is 2.59. The summed E-state index contributed by atoms with van der Waals surface area (Å²) in [7, 11) is 0. The first-order chi connectivity index (χ1) is 8.98. The molecule has 1 aliphatic carbocycles. The van der Waals surface area contributed by atoms with Crippen molar-refractivity contribution in [3.63, 3.8) is 0 Å². The second-order valence-electron chi connectivity index (χ2n) is 4.99. The zero-order valence-electron chi connectivity index (χ0n) is 10.2. The topological polar surface area (TPSA) is 44.5 Å². The van der Waals surface area contributed by atoms with Gasteiger partial charge in [-0.05, 0) is 25.0 Å². The van der Waals surface area contributed by atoms with Crippen molar-refractivity contribution in [3.05, 3.63) is 23.3 Å². The molecule has 0 saturated heterocycles. The van der Waals surface area contributed by atoms with Crippen LogP contribution in [-0.2, 0) is 11.6 Å². The maximum absolute atomic E-state index is 13.2. The number of ether oxygens (including phenoxy) is 2. The van der Waals surface area contributed by atoms with E-state index in [0.717, 1.165) is 6.07 Å². The first-order valence-electron chi connectivity index (χ1n) is 6.18. The standard InChI is InChI=1S/C13H14F3NO2/c14-13(15,16)8-1-2-9-11(19-6-5-18-9)10(8)12(7-17)3-4-12/h1-2H,3-7,17H2. The molecule has 1 aromatic rings. The van der Waals surface area contributed by atoms with Crippen LogP contribution >= 0.6 is 0 Å². The molecular formula is C13H14F3NO2. The fourth-order valence-corrected chi connectivity index (χ4v) is 2.59. The molecule has 1 aromatic carbocycles. The molecule has 0 spiro atoms. The Morgan fingerprint density at radius 3 is 2.42 bits per heavy atom. The number of hydrogen-bond acceptors (Lipinski definition) is 3. The second-order valence-corrected chi connectivity index (χ2v) is 4.99. The van der Waals surface area contributed by atoms with Crippen LogP contribution in [0.2, 0.25) is 0 Å². The van der Waals surface area contributed by atoms with Crippen molar-refractivity contribution < 1.29 is 22.6 Å². The van der Waals surface area contributed by atoms with Crippen LogP contribution in [0.3, 0.4) is 0 Å². The predicted molar refractivity (Wildman–Crippen MR) is 62.4 cm³/mol. The predicted octanol–water partition coefficient (Wildman–Crippen LogP) is 2.47. The normalized spacial score (nSPS) is 20.2. The molecule has 0 amide bonds. The number of benzene rings is 1. The minimum absolute atomic E-state index is 0.180. The molecule has 1 aliphatic heterocycles. The molecule has 0 unspecified atom stereocenters. The van der Waals surface area contributed by atoms with Crippen LogP contribution in [-0.4, -0.2) is 19.8 Å². The average molecular weight is 273 g/mol. The van der Waals surface area contributed by atoms with Crippen LogP contribution < -0.4 is 15.2 Å². The third-order valence-corrected chi connectivity index (χ3v) is 3.79. The molecule has 0 aromatic heterocycles. The molecule has 0 bridgehead atoms. The summed E-state index contributed by atoms with van der Waals surface area (Å²) in [6.45, 7) is 0.811. The highest BCUT2D eigenvalue weighted by Crippen LogP contribution is 2.56. The molecule has 104 valence electrons. The first kappa shape index (κ1) is 12.6. The van der Waals surface area contributed by atoms with Crippen LogP contribution in [0.5, 0.6) is 11.5 Å². The van der Waals surface area contributed by atoms with Gasteiger partial charge in [-0.15, -0.1) is 0 Å². The van der Waals surface area contributed by atoms with Gasteiger partial charge in [-0.3, -0.25) is 0 Å². The van der Waals surface area contributed by atoms with Crippen LogP contribution in [0.4, 0.5) is 13.2 Å². The summed E-state index contributed by atoms with van der Waals surface area (Å²) >= 11 is 0. The third-order valence-electron chi connectivity index (χ3n) is 3.79. The van der Waals surface area contributed by atoms with E-state index in [1.54, 1.807) is 0 Å². The summed E-state index contributed by atoms with van der Waals surface area (Å²) in [5.74, 6) is 0.609. The summed E-state index contributed by atoms with van der Waals surface area (Å²) in [6.07, 6.45) is -3.09. The minimum atomic E-state index is -4.41. The van der Waals surface area contributed by atoms with E-state index in [0.29, 0.717) is 25.2 Å². The Labute approximate surface area is 108 Å². The van der Waals surface area contributed by atoms with Crippen LogP contribution in [0, 0.1) is 0 Å². The minimum Gasteiger partial charge on any atom is -0.486 e. The summed E-state index contributed by atoms with van der Waals surface area (Å²) in [6, 6.07) is 2.39. The molecule has 0 radical (unpaired) electrons. The number of hydrogen-bond donors (Lipinski definition) is 1. The lowest BCUT2D eigenvalue weighted by Crippen LogP contribution is -2.27. The average Bonchev–Trinajstić information content (AvgIpc) is 3.17. The fraction of sp³-hybridized carbons (Fsp3) is 0.538. The van der Waals surface area contributed by atoms with E-state index >= 15 is 0 Å². The third kappa shape index (κ3) is 1.94. The SMILES string of the molecule is NCC1(c2c(C(F)(F)F)ccc3c2OCCO3)CC1. The van der Waals surface area contributed by atoms with Gasteiger partial charge in [0, 0.05) is 17.5 Å². The number of rotatable bonds is 2. The van der Waals surface area contributed by atoms with Gasteiger partial charge in [0.05, 0.1) is 5.56 Å². The van der Waals surface area contributed by atoms with E-state index in [2.05, 4.69) is 0 Å². The van der Waals surface area contributed by atoms with Crippen molar-refractivity contribution in [2.45, 2.75) is 24.4 Å². The zero-order valence-corrected chi connectivity index (χ0v) is 10.2. The molecule has 1 fully saturated rings. The highest BCUT2D eigenvalue weighted by atomic mass is 19.4. The van der Waals surface area contributed by atoms with Gasteiger partial charge in [0.15, 0.2) is 11.5 Å². The van der Waals surface area contributed by atoms with Crippen molar-refractivity contribution in [3.8, 4) is 11.5 Å². The summed E-state index contributed by atoms with van der Waals surface area (Å²) in [5, 5.41) is 0. The molecule has 6 heteroatoms. The van der Waals surface area contributed by atoms with E-state index in [4.69, 9.17) is 15.2 Å². The molecular weight excluding hydrogens is 259 g/mol. The van der Waals surface area contributed by atoms with Gasteiger partial charge < -0.3 is 15.2 Å². The lowest BCUT2D eigenvalue weighted by atomic mass is 9.89. The van der Waals surface area contributed by atoms with Gasteiger partial charge in [0.25, 0.3) is 0 Å². The summed E-state index contributed by atoms with van der Waals surface area (Å²) in [5.41, 5.74) is 4.61. The lowest BCUT2D eigenvalue weighted by Gasteiger charge is -2.27. The number of halogens is 3. The van der Waals surface area contributed by atoms with Gasteiger partial charge >= 0.3 is 6.18 Å². The van der Waals surface area contributed by atoms with E-state index in [9.17, 15) is 13.2 Å². The molecule has 2 aliphatic rings. The van der Waals surface area contributed by atoms with Gasteiger partial charge in [-0.1, -0.05) is 0 Å². The van der Waals surface area contributed by atoms with Crippen LogP contribution in [0.1, 0.15) is 24.0 Å².